The van der Waals surface area contributed by atoms with Gasteiger partial charge in [-0.25, -0.2) is 8.42 Å². The molecule has 0 spiro atoms. The Balaban J connectivity index is 2.65. The highest BCUT2D eigenvalue weighted by Crippen LogP contribution is 2.16. The van der Waals surface area contributed by atoms with Gasteiger partial charge in [-0.05, 0) is 19.1 Å². The number of carbonyl (C=O) groups is 1. The second kappa shape index (κ2) is 6.53. The minimum absolute atomic E-state index is 0.0318. The molecule has 0 unspecified atom stereocenters. The van der Waals surface area contributed by atoms with Crippen molar-refractivity contribution in [3.8, 4) is 5.75 Å². The molecule has 7 heteroatoms. The quantitative estimate of drug-likeness (QED) is 0.843. The Labute approximate surface area is 113 Å². The number of methoxy groups -OCH3 is 1. The zero-order chi connectivity index (χ0) is 14.5. The molecule has 0 aromatic heterocycles. The predicted molar refractivity (Wildman–Crippen MR) is 73.7 cm³/mol. The molecule has 1 aromatic carbocycles. The summed E-state index contributed by atoms with van der Waals surface area (Å²) in [5.41, 5.74) is 0.562. The number of carbonyl (C=O) groups excluding carboxylic acids is 1. The largest absolute Gasteiger partial charge is 0.497 e. The zero-order valence-electron chi connectivity index (χ0n) is 11.2. The van der Waals surface area contributed by atoms with Crippen molar-refractivity contribution in [2.24, 2.45) is 0 Å². The van der Waals surface area contributed by atoms with Gasteiger partial charge in [0, 0.05) is 18.8 Å². The van der Waals surface area contributed by atoms with Gasteiger partial charge in [-0.3, -0.25) is 4.79 Å². The number of nitrogens with zero attached hydrogens (tertiary/aromatic N) is 1. The van der Waals surface area contributed by atoms with Gasteiger partial charge in [-0.1, -0.05) is 6.07 Å². The first kappa shape index (κ1) is 15.5. The van der Waals surface area contributed by atoms with Crippen LogP contribution in [-0.4, -0.2) is 45.1 Å². The number of hydrogen-bond donors (Lipinski definition) is 1. The van der Waals surface area contributed by atoms with Gasteiger partial charge in [0.1, 0.15) is 5.75 Å². The summed E-state index contributed by atoms with van der Waals surface area (Å²) in [6.07, 6.45) is 0. The number of likely N-dealkylation sites (N-methyl/N-ethyl adjacent to an activating group) is 1. The molecule has 1 aromatic rings. The Morgan fingerprint density at radius 1 is 1.42 bits per heavy atom. The molecule has 0 bridgehead atoms. The highest BCUT2D eigenvalue weighted by atomic mass is 32.2. The molecule has 0 saturated heterocycles. The molecule has 0 saturated carbocycles. The zero-order valence-corrected chi connectivity index (χ0v) is 12.0. The Hall–Kier alpha value is -1.60. The van der Waals surface area contributed by atoms with Crippen molar-refractivity contribution in [3.05, 3.63) is 24.3 Å². The van der Waals surface area contributed by atoms with E-state index in [0.717, 1.165) is 4.31 Å². The van der Waals surface area contributed by atoms with Gasteiger partial charge in [0.05, 0.1) is 19.4 Å². The summed E-state index contributed by atoms with van der Waals surface area (Å²) in [6.45, 7) is 1.32. The van der Waals surface area contributed by atoms with E-state index in [2.05, 4.69) is 5.32 Å². The molecule has 1 rings (SSSR count). The number of hydrogen-bond acceptors (Lipinski definition) is 4. The minimum Gasteiger partial charge on any atom is -0.497 e. The maximum atomic E-state index is 11.7. The summed E-state index contributed by atoms with van der Waals surface area (Å²) in [4.78, 5) is 11.7. The smallest absolute Gasteiger partial charge is 0.239 e. The number of anilines is 1. The summed E-state index contributed by atoms with van der Waals surface area (Å²) < 4.78 is 29.1. The van der Waals surface area contributed by atoms with E-state index in [0.29, 0.717) is 11.4 Å². The van der Waals surface area contributed by atoms with Crippen LogP contribution >= 0.6 is 0 Å². The van der Waals surface area contributed by atoms with E-state index in [-0.39, 0.29) is 12.3 Å². The van der Waals surface area contributed by atoms with Gasteiger partial charge in [0.25, 0.3) is 0 Å². The summed E-state index contributed by atoms with van der Waals surface area (Å²) in [6, 6.07) is 6.85. The number of ether oxygens (including phenoxy) is 1. The molecule has 1 N–H and O–H groups in total. The fourth-order valence-electron chi connectivity index (χ4n) is 1.42. The van der Waals surface area contributed by atoms with Crippen LogP contribution in [0, 0.1) is 0 Å². The molecule has 0 heterocycles. The molecule has 0 aliphatic carbocycles. The average Bonchev–Trinajstić information content (AvgIpc) is 2.38. The third-order valence-corrected chi connectivity index (χ3v) is 4.37. The monoisotopic (exact) mass is 286 g/mol. The summed E-state index contributed by atoms with van der Waals surface area (Å²) in [5, 5.41) is 2.62. The highest BCUT2D eigenvalue weighted by molar-refractivity contribution is 7.89. The fraction of sp³-hybridized carbons (Fsp3) is 0.417. The van der Waals surface area contributed by atoms with Gasteiger partial charge in [0.2, 0.25) is 15.9 Å². The van der Waals surface area contributed by atoms with E-state index < -0.39 is 15.9 Å². The van der Waals surface area contributed by atoms with Gasteiger partial charge in [0.15, 0.2) is 0 Å². The van der Waals surface area contributed by atoms with Gasteiger partial charge < -0.3 is 10.1 Å². The van der Waals surface area contributed by atoms with Crippen molar-refractivity contribution in [3.63, 3.8) is 0 Å². The van der Waals surface area contributed by atoms with Crippen LogP contribution in [0.1, 0.15) is 6.92 Å². The van der Waals surface area contributed by atoms with Crippen molar-refractivity contribution >= 4 is 21.6 Å². The maximum Gasteiger partial charge on any atom is 0.239 e. The molecule has 0 aliphatic rings. The topological polar surface area (TPSA) is 75.7 Å². The van der Waals surface area contributed by atoms with E-state index in [1.807, 2.05) is 0 Å². The van der Waals surface area contributed by atoms with Crippen LogP contribution in [0.4, 0.5) is 5.69 Å². The van der Waals surface area contributed by atoms with Crippen molar-refractivity contribution in [2.45, 2.75) is 6.92 Å². The van der Waals surface area contributed by atoms with Crippen molar-refractivity contribution in [1.82, 2.24) is 4.31 Å². The minimum atomic E-state index is -3.35. The molecule has 0 fully saturated rings. The van der Waals surface area contributed by atoms with Gasteiger partial charge in [-0.15, -0.1) is 0 Å². The Kier molecular flexibility index (Phi) is 5.31. The van der Waals surface area contributed by atoms with Gasteiger partial charge in [-0.2, -0.15) is 4.31 Å². The lowest BCUT2D eigenvalue weighted by Gasteiger charge is -2.15. The maximum absolute atomic E-state index is 11.7. The molecule has 19 heavy (non-hydrogen) atoms. The predicted octanol–water partition coefficient (Wildman–Crippen LogP) is 0.915. The van der Waals surface area contributed by atoms with Crippen LogP contribution < -0.4 is 10.1 Å². The number of sulfonamides is 1. The van der Waals surface area contributed by atoms with E-state index in [9.17, 15) is 13.2 Å². The number of rotatable bonds is 6. The summed E-state index contributed by atoms with van der Waals surface area (Å²) in [7, 11) is -0.441. The van der Waals surface area contributed by atoms with Crippen LogP contribution in [0.3, 0.4) is 0 Å². The highest BCUT2D eigenvalue weighted by Gasteiger charge is 2.18. The molecular weight excluding hydrogens is 268 g/mol. The van der Waals surface area contributed by atoms with E-state index in [1.165, 1.54) is 21.1 Å². The summed E-state index contributed by atoms with van der Waals surface area (Å²) >= 11 is 0. The lowest BCUT2D eigenvalue weighted by molar-refractivity contribution is -0.116. The fourth-order valence-corrected chi connectivity index (χ4v) is 2.18. The van der Waals surface area contributed by atoms with Crippen molar-refractivity contribution in [1.29, 1.82) is 0 Å². The third-order valence-electron chi connectivity index (χ3n) is 2.56. The Morgan fingerprint density at radius 3 is 2.68 bits per heavy atom. The second-order valence-corrected chi connectivity index (χ2v) is 6.30. The number of nitrogens with one attached hydrogen (secondary N) is 1. The van der Waals surface area contributed by atoms with E-state index in [1.54, 1.807) is 24.3 Å². The molecule has 106 valence electrons. The van der Waals surface area contributed by atoms with Crippen molar-refractivity contribution in [2.75, 3.05) is 31.8 Å². The molecular formula is C12H18N2O4S. The molecule has 1 amide bonds. The molecule has 6 nitrogen and oxygen atoms in total. The first-order valence-corrected chi connectivity index (χ1v) is 7.38. The number of amides is 1. The average molecular weight is 286 g/mol. The van der Waals surface area contributed by atoms with Crippen LogP contribution in [0.15, 0.2) is 24.3 Å². The van der Waals surface area contributed by atoms with Crippen LogP contribution in [0.25, 0.3) is 0 Å². The van der Waals surface area contributed by atoms with E-state index in [4.69, 9.17) is 4.74 Å². The first-order valence-electron chi connectivity index (χ1n) is 5.77. The van der Waals surface area contributed by atoms with Gasteiger partial charge >= 0.3 is 0 Å². The normalized spacial score (nSPS) is 11.4. The first-order chi connectivity index (χ1) is 8.89. The van der Waals surface area contributed by atoms with E-state index >= 15 is 0 Å². The molecule has 0 radical (unpaired) electrons. The standard InChI is InChI=1S/C12H18N2O4S/c1-4-19(16,17)14(2)9-12(15)13-10-6-5-7-11(8-10)18-3/h5-8H,4,9H2,1-3H3,(H,13,15). The van der Waals surface area contributed by atoms with Crippen LogP contribution in [0.2, 0.25) is 0 Å². The van der Waals surface area contributed by atoms with Crippen LogP contribution in [0.5, 0.6) is 5.75 Å². The Morgan fingerprint density at radius 2 is 2.11 bits per heavy atom. The number of benzene rings is 1. The lowest BCUT2D eigenvalue weighted by Crippen LogP contribution is -2.35. The Bertz CT molecular complexity index is 542. The third kappa shape index (κ3) is 4.53. The van der Waals surface area contributed by atoms with Crippen molar-refractivity contribution < 1.29 is 17.9 Å². The molecule has 0 aliphatic heterocycles. The van der Waals surface area contributed by atoms with Crippen LogP contribution in [-0.2, 0) is 14.8 Å². The lowest BCUT2D eigenvalue weighted by atomic mass is 10.3. The molecule has 0 atom stereocenters. The second-order valence-electron chi connectivity index (χ2n) is 3.94. The summed E-state index contributed by atoms with van der Waals surface area (Å²) in [5.74, 6) is 0.191. The SMILES string of the molecule is CCS(=O)(=O)N(C)CC(=O)Nc1cccc(OC)c1.